The summed E-state index contributed by atoms with van der Waals surface area (Å²) in [5, 5.41) is 21.7. The fraction of sp³-hybridized carbons (Fsp3) is 0.750. The number of hydrogen-bond donors (Lipinski definition) is 4. The van der Waals surface area contributed by atoms with Crippen molar-refractivity contribution in [1.29, 1.82) is 0 Å². The lowest BCUT2D eigenvalue weighted by Gasteiger charge is -1.97. The minimum atomic E-state index is 0.0543. The van der Waals surface area contributed by atoms with Gasteiger partial charge in [0.2, 0.25) is 0 Å². The fourth-order valence-electron chi connectivity index (χ4n) is 0.331. The van der Waals surface area contributed by atoms with Gasteiger partial charge in [-0.2, -0.15) is 0 Å². The van der Waals surface area contributed by atoms with Crippen LogP contribution in [0, 0.1) is 0 Å². The van der Waals surface area contributed by atoms with Gasteiger partial charge < -0.3 is 21.4 Å². The normalized spacial score (nSPS) is 11.9. The Hall–Kier alpha value is -0.810. The van der Waals surface area contributed by atoms with Gasteiger partial charge in [-0.25, -0.2) is 0 Å². The van der Waals surface area contributed by atoms with Gasteiger partial charge >= 0.3 is 0 Å². The second-order valence-electron chi connectivity index (χ2n) is 1.49. The average molecular weight is 133 g/mol. The molecule has 5 N–H and O–H groups in total. The first-order chi connectivity index (χ1) is 4.31. The van der Waals surface area contributed by atoms with E-state index in [-0.39, 0.29) is 12.4 Å². The van der Waals surface area contributed by atoms with E-state index >= 15 is 0 Å². The molecular formula is C4H11N3O2. The summed E-state index contributed by atoms with van der Waals surface area (Å²) >= 11 is 0. The minimum absolute atomic E-state index is 0.0543. The zero-order valence-electron chi connectivity index (χ0n) is 5.04. The van der Waals surface area contributed by atoms with Crippen LogP contribution in [0.3, 0.4) is 0 Å². The van der Waals surface area contributed by atoms with Crippen LogP contribution in [0.1, 0.15) is 0 Å². The molecule has 0 saturated heterocycles. The summed E-state index contributed by atoms with van der Waals surface area (Å²) in [5.41, 5.74) is 5.07. The van der Waals surface area contributed by atoms with Gasteiger partial charge in [-0.1, -0.05) is 5.16 Å². The molecule has 0 amide bonds. The molecule has 0 atom stereocenters. The lowest BCUT2D eigenvalue weighted by Crippen LogP contribution is -2.30. The number of nitrogens with two attached hydrogens (primary N) is 1. The first kappa shape index (κ1) is 8.19. The van der Waals surface area contributed by atoms with Crippen LogP contribution in [-0.4, -0.2) is 35.8 Å². The monoisotopic (exact) mass is 133 g/mol. The van der Waals surface area contributed by atoms with Crippen molar-refractivity contribution in [3.63, 3.8) is 0 Å². The van der Waals surface area contributed by atoms with E-state index in [1.54, 1.807) is 0 Å². The van der Waals surface area contributed by atoms with E-state index in [0.29, 0.717) is 13.1 Å². The topological polar surface area (TPSA) is 90.9 Å². The van der Waals surface area contributed by atoms with E-state index in [2.05, 4.69) is 10.5 Å². The number of nitrogens with zero attached hydrogens (tertiary/aromatic N) is 1. The molecule has 0 unspecified atom stereocenters. The number of oxime groups is 1. The molecule has 0 aliphatic heterocycles. The maximum absolute atomic E-state index is 8.25. The standard InChI is InChI=1S/C4H11N3O2/c5-4(7-9)3-6-1-2-8/h6,8-9H,1-3H2,(H2,5,7). The summed E-state index contributed by atoms with van der Waals surface area (Å²) in [7, 11) is 0. The summed E-state index contributed by atoms with van der Waals surface area (Å²) in [6.07, 6.45) is 0. The summed E-state index contributed by atoms with van der Waals surface area (Å²) in [4.78, 5) is 0. The molecule has 0 spiro atoms. The Morgan fingerprint density at radius 3 is 2.78 bits per heavy atom. The highest BCUT2D eigenvalue weighted by Crippen LogP contribution is 1.61. The van der Waals surface area contributed by atoms with Gasteiger partial charge in [0.15, 0.2) is 5.84 Å². The van der Waals surface area contributed by atoms with Crippen LogP contribution in [0.5, 0.6) is 0 Å². The van der Waals surface area contributed by atoms with E-state index in [4.69, 9.17) is 16.0 Å². The quantitative estimate of drug-likeness (QED) is 0.121. The second-order valence-corrected chi connectivity index (χ2v) is 1.49. The van der Waals surface area contributed by atoms with Gasteiger partial charge in [-0.3, -0.25) is 0 Å². The van der Waals surface area contributed by atoms with Crippen molar-refractivity contribution in [2.75, 3.05) is 19.7 Å². The van der Waals surface area contributed by atoms with Crippen LogP contribution >= 0.6 is 0 Å². The van der Waals surface area contributed by atoms with Crippen LogP contribution in [0.25, 0.3) is 0 Å². The Labute approximate surface area is 53.2 Å². The van der Waals surface area contributed by atoms with E-state index in [9.17, 15) is 0 Å². The summed E-state index contributed by atoms with van der Waals surface area (Å²) < 4.78 is 0. The van der Waals surface area contributed by atoms with Crippen LogP contribution in [-0.2, 0) is 0 Å². The molecular weight excluding hydrogens is 122 g/mol. The molecule has 0 aromatic carbocycles. The van der Waals surface area contributed by atoms with E-state index in [1.807, 2.05) is 0 Å². The molecule has 0 aliphatic carbocycles. The predicted molar refractivity (Wildman–Crippen MR) is 33.4 cm³/mol. The molecule has 5 heteroatoms. The molecule has 0 rings (SSSR count). The predicted octanol–water partition coefficient (Wildman–Crippen LogP) is -1.69. The first-order valence-corrected chi connectivity index (χ1v) is 2.59. The molecule has 5 nitrogen and oxygen atoms in total. The molecule has 0 fully saturated rings. The maximum Gasteiger partial charge on any atom is 0.153 e. The summed E-state index contributed by atoms with van der Waals surface area (Å²) in [6, 6.07) is 0. The number of amidine groups is 1. The highest BCUT2D eigenvalue weighted by atomic mass is 16.4. The molecule has 0 bridgehead atoms. The van der Waals surface area contributed by atoms with Crippen LogP contribution < -0.4 is 11.1 Å². The van der Waals surface area contributed by atoms with E-state index in [1.165, 1.54) is 0 Å². The lowest BCUT2D eigenvalue weighted by atomic mass is 10.5. The molecule has 0 radical (unpaired) electrons. The first-order valence-electron chi connectivity index (χ1n) is 2.59. The highest BCUT2D eigenvalue weighted by molar-refractivity contribution is 5.81. The smallest absolute Gasteiger partial charge is 0.153 e. The van der Waals surface area contributed by atoms with Crippen molar-refractivity contribution in [1.82, 2.24) is 5.32 Å². The molecule has 9 heavy (non-hydrogen) atoms. The fourth-order valence-corrected chi connectivity index (χ4v) is 0.331. The molecule has 0 saturated carbocycles. The van der Waals surface area contributed by atoms with Crippen molar-refractivity contribution in [3.05, 3.63) is 0 Å². The molecule has 54 valence electrons. The van der Waals surface area contributed by atoms with E-state index < -0.39 is 0 Å². The maximum atomic E-state index is 8.25. The third-order valence-corrected chi connectivity index (χ3v) is 0.723. The minimum Gasteiger partial charge on any atom is -0.409 e. The van der Waals surface area contributed by atoms with Gasteiger partial charge in [-0.15, -0.1) is 0 Å². The zero-order chi connectivity index (χ0) is 7.11. The summed E-state index contributed by atoms with van der Waals surface area (Å²) in [5.74, 6) is 0.114. The number of aliphatic hydroxyl groups excluding tert-OH is 1. The second kappa shape index (κ2) is 5.33. The Balaban J connectivity index is 3.07. The van der Waals surface area contributed by atoms with Gasteiger partial charge in [0, 0.05) is 6.54 Å². The number of hydrogen-bond acceptors (Lipinski definition) is 4. The van der Waals surface area contributed by atoms with Crippen molar-refractivity contribution in [2.45, 2.75) is 0 Å². The van der Waals surface area contributed by atoms with Crippen molar-refractivity contribution in [3.8, 4) is 0 Å². The SMILES string of the molecule is N/C(CNCCO)=N\O. The van der Waals surface area contributed by atoms with Crippen LogP contribution in [0.15, 0.2) is 5.16 Å². The van der Waals surface area contributed by atoms with E-state index in [0.717, 1.165) is 0 Å². The van der Waals surface area contributed by atoms with Crippen LogP contribution in [0.4, 0.5) is 0 Å². The van der Waals surface area contributed by atoms with Gasteiger partial charge in [0.05, 0.1) is 13.2 Å². The Morgan fingerprint density at radius 1 is 1.67 bits per heavy atom. The number of aliphatic hydroxyl groups is 1. The third kappa shape index (κ3) is 5.05. The zero-order valence-corrected chi connectivity index (χ0v) is 5.04. The largest absolute Gasteiger partial charge is 0.409 e. The molecule has 0 aromatic heterocycles. The Bertz CT molecular complexity index is 93.8. The molecule has 0 heterocycles. The van der Waals surface area contributed by atoms with Crippen molar-refractivity contribution >= 4 is 5.84 Å². The van der Waals surface area contributed by atoms with Gasteiger partial charge in [0.1, 0.15) is 0 Å². The number of nitrogens with one attached hydrogen (secondary N) is 1. The number of rotatable bonds is 4. The molecule has 0 aliphatic rings. The third-order valence-electron chi connectivity index (χ3n) is 0.723. The van der Waals surface area contributed by atoms with Crippen molar-refractivity contribution in [2.24, 2.45) is 10.9 Å². The Morgan fingerprint density at radius 2 is 2.33 bits per heavy atom. The summed E-state index contributed by atoms with van der Waals surface area (Å²) in [6.45, 7) is 0.811. The molecule has 0 aromatic rings. The lowest BCUT2D eigenvalue weighted by molar-refractivity contribution is 0.293. The Kier molecular flexibility index (Phi) is 4.85. The van der Waals surface area contributed by atoms with Crippen molar-refractivity contribution < 1.29 is 10.3 Å². The highest BCUT2D eigenvalue weighted by Gasteiger charge is 1.88. The average Bonchev–Trinajstić information content (AvgIpc) is 1.89. The van der Waals surface area contributed by atoms with Gasteiger partial charge in [0.25, 0.3) is 0 Å². The van der Waals surface area contributed by atoms with Crippen LogP contribution in [0.2, 0.25) is 0 Å². The van der Waals surface area contributed by atoms with Gasteiger partial charge in [-0.05, 0) is 0 Å².